The highest BCUT2D eigenvalue weighted by atomic mass is 32.1. The zero-order valence-electron chi connectivity index (χ0n) is 34.5. The van der Waals surface area contributed by atoms with Crippen LogP contribution in [0.3, 0.4) is 0 Å². The van der Waals surface area contributed by atoms with Crippen molar-refractivity contribution in [2.45, 2.75) is 91.4 Å². The molecule has 4 heterocycles. The van der Waals surface area contributed by atoms with E-state index in [2.05, 4.69) is 128 Å². The van der Waals surface area contributed by atoms with Crippen LogP contribution in [0.1, 0.15) is 111 Å². The summed E-state index contributed by atoms with van der Waals surface area (Å²) in [6.07, 6.45) is 22.8. The van der Waals surface area contributed by atoms with Crippen LogP contribution in [0, 0.1) is 35.0 Å². The number of allylic oxidation sites excluding steroid dienone is 11. The third kappa shape index (κ3) is 8.68. The number of rotatable bonds is 12. The van der Waals surface area contributed by atoms with E-state index in [0.29, 0.717) is 24.9 Å². The zero-order chi connectivity index (χ0) is 40.2. The fourth-order valence-electron chi connectivity index (χ4n) is 10.2. The number of fused-ring (bicyclic) bond motifs is 2. The second-order valence-corrected chi connectivity index (χ2v) is 21.2. The molecule has 302 valence electrons. The molecule has 2 nitrogen and oxygen atoms in total. The first-order valence-electron chi connectivity index (χ1n) is 21.4. The highest BCUT2D eigenvalue weighted by molar-refractivity contribution is 7.12. The summed E-state index contributed by atoms with van der Waals surface area (Å²) in [7, 11) is 0. The molecular weight excluding hydrogens is 785 g/mol. The SMILES string of the molecule is C=C.CC(CC1=C(c2cccs2)C(C)(C)C(c2cccs2)=C1)=C1CCC1.O=C(CC1=C(c2cccs2)CC(c2cccs2)=C1)OCC1C2C=CC(C2)C1CC1CCC1. The van der Waals surface area contributed by atoms with Crippen LogP contribution >= 0.6 is 45.3 Å². The first-order valence-corrected chi connectivity index (χ1v) is 24.9. The van der Waals surface area contributed by atoms with Crippen molar-refractivity contribution in [2.24, 2.45) is 35.0 Å². The van der Waals surface area contributed by atoms with Gasteiger partial charge in [0.1, 0.15) is 0 Å². The van der Waals surface area contributed by atoms with Crippen LogP contribution in [0.2, 0.25) is 0 Å². The molecule has 10 rings (SSSR count). The summed E-state index contributed by atoms with van der Waals surface area (Å²) in [4.78, 5) is 18.4. The lowest BCUT2D eigenvalue weighted by Crippen LogP contribution is -2.29. The zero-order valence-corrected chi connectivity index (χ0v) is 37.7. The molecule has 3 fully saturated rings. The highest BCUT2D eigenvalue weighted by Crippen LogP contribution is 2.56. The van der Waals surface area contributed by atoms with Gasteiger partial charge < -0.3 is 4.74 Å². The van der Waals surface area contributed by atoms with Crippen molar-refractivity contribution in [1.82, 2.24) is 0 Å². The monoisotopic (exact) mass is 842 g/mol. The molecule has 6 aliphatic carbocycles. The molecule has 0 amide bonds. The molecule has 0 radical (unpaired) electrons. The minimum atomic E-state index is -0.0631. The van der Waals surface area contributed by atoms with Crippen LogP contribution in [0.25, 0.3) is 22.3 Å². The van der Waals surface area contributed by atoms with Gasteiger partial charge in [-0.1, -0.05) is 92.8 Å². The lowest BCUT2D eigenvalue weighted by atomic mass is 9.72. The molecule has 4 atom stereocenters. The summed E-state index contributed by atoms with van der Waals surface area (Å²) in [6, 6.07) is 17.4. The summed E-state index contributed by atoms with van der Waals surface area (Å²) in [6.45, 7) is 13.7. The lowest BCUT2D eigenvalue weighted by molar-refractivity contribution is -0.145. The number of carbonyl (C=O) groups excluding carboxylic acids is 1. The molecule has 4 unspecified atom stereocenters. The van der Waals surface area contributed by atoms with Crippen LogP contribution in [0.5, 0.6) is 0 Å². The minimum absolute atomic E-state index is 0.0631. The van der Waals surface area contributed by atoms with Crippen molar-refractivity contribution in [3.8, 4) is 0 Å². The molecule has 58 heavy (non-hydrogen) atoms. The van der Waals surface area contributed by atoms with Crippen LogP contribution in [0.4, 0.5) is 0 Å². The van der Waals surface area contributed by atoms with Crippen LogP contribution < -0.4 is 0 Å². The topological polar surface area (TPSA) is 26.3 Å². The van der Waals surface area contributed by atoms with Gasteiger partial charge in [-0.2, -0.15) is 0 Å². The van der Waals surface area contributed by atoms with Crippen molar-refractivity contribution in [3.05, 3.63) is 149 Å². The predicted octanol–water partition coefficient (Wildman–Crippen LogP) is 16.0. The maximum absolute atomic E-state index is 13.0. The quantitative estimate of drug-likeness (QED) is 0.105. The van der Waals surface area contributed by atoms with Gasteiger partial charge in [0.15, 0.2) is 0 Å². The Kier molecular flexibility index (Phi) is 13.1. The molecule has 0 aromatic carbocycles. The Morgan fingerprint density at radius 1 is 0.759 bits per heavy atom. The summed E-state index contributed by atoms with van der Waals surface area (Å²) in [5.41, 5.74) is 11.7. The molecule has 0 saturated heterocycles. The lowest BCUT2D eigenvalue weighted by Gasteiger charge is -2.34. The van der Waals surface area contributed by atoms with Crippen LogP contribution in [-0.2, 0) is 9.53 Å². The number of thiophene rings is 4. The van der Waals surface area contributed by atoms with E-state index in [0.717, 1.165) is 36.2 Å². The van der Waals surface area contributed by atoms with Crippen molar-refractivity contribution >= 4 is 73.6 Å². The van der Waals surface area contributed by atoms with Crippen molar-refractivity contribution < 1.29 is 9.53 Å². The first kappa shape index (κ1) is 41.2. The van der Waals surface area contributed by atoms with Crippen molar-refractivity contribution in [1.29, 1.82) is 0 Å². The predicted molar refractivity (Wildman–Crippen MR) is 253 cm³/mol. The van der Waals surface area contributed by atoms with E-state index >= 15 is 0 Å². The molecule has 3 saturated carbocycles. The Balaban J connectivity index is 0.000000161. The molecule has 0 N–H and O–H groups in total. The number of hydrogen-bond acceptors (Lipinski definition) is 6. The van der Waals surface area contributed by atoms with Crippen LogP contribution in [-0.4, -0.2) is 12.6 Å². The Morgan fingerprint density at radius 2 is 1.38 bits per heavy atom. The van der Waals surface area contributed by atoms with Gasteiger partial charge in [-0.25, -0.2) is 0 Å². The van der Waals surface area contributed by atoms with Crippen molar-refractivity contribution in [3.63, 3.8) is 0 Å². The second-order valence-electron chi connectivity index (χ2n) is 17.4. The third-order valence-corrected chi connectivity index (χ3v) is 17.3. The Morgan fingerprint density at radius 3 is 1.97 bits per heavy atom. The van der Waals surface area contributed by atoms with Gasteiger partial charge >= 0.3 is 5.97 Å². The standard InChI is InChI=1S/C28H30O2S2.C22H24S2.C2H4/c29-28(30-17-25-20-9-8-19(13-20)23(25)12-18-4-1-5-18)16-21-14-22(26-6-2-10-31-26)15-24(21)27-7-3-11-32-27;1-15(16-7-4-8-16)13-17-14-18(19-9-5-11-23-19)22(2,3)21(17)20-10-6-12-24-20;1-2/h2-3,6-11,14,18-20,23,25H,1,4-5,12-13,15-17H2;5-6,9-12,14H,4,7-8,13H2,1-3H3;1-2H2. The second kappa shape index (κ2) is 18.4. The fraction of sp³-hybridized carbons (Fsp3) is 0.404. The van der Waals surface area contributed by atoms with Gasteiger partial charge in [0.05, 0.1) is 13.0 Å². The van der Waals surface area contributed by atoms with E-state index in [1.165, 1.54) is 93.2 Å². The normalized spacial score (nSPS) is 24.1. The number of ether oxygens (including phenoxy) is 1. The van der Waals surface area contributed by atoms with Crippen molar-refractivity contribution in [2.75, 3.05) is 6.61 Å². The summed E-state index contributed by atoms with van der Waals surface area (Å²) in [5, 5.41) is 8.64. The summed E-state index contributed by atoms with van der Waals surface area (Å²) >= 11 is 7.27. The molecule has 0 spiro atoms. The van der Waals surface area contributed by atoms with E-state index < -0.39 is 0 Å². The fourth-order valence-corrected chi connectivity index (χ4v) is 13.7. The molecule has 0 aliphatic heterocycles. The molecule has 6 heteroatoms. The smallest absolute Gasteiger partial charge is 0.310 e. The molecule has 4 aromatic rings. The molecular formula is C52H58O2S4. The highest BCUT2D eigenvalue weighted by Gasteiger charge is 2.46. The third-order valence-electron chi connectivity index (χ3n) is 13.7. The van der Waals surface area contributed by atoms with E-state index in [1.807, 2.05) is 22.7 Å². The minimum Gasteiger partial charge on any atom is -0.465 e. The van der Waals surface area contributed by atoms with Gasteiger partial charge in [0.2, 0.25) is 0 Å². The largest absolute Gasteiger partial charge is 0.465 e. The molecule has 2 bridgehead atoms. The molecule has 6 aliphatic rings. The molecule has 4 aromatic heterocycles. The number of esters is 1. The Hall–Kier alpha value is -3.55. The van der Waals surface area contributed by atoms with Gasteiger partial charge in [0.25, 0.3) is 0 Å². The van der Waals surface area contributed by atoms with Crippen LogP contribution in [0.15, 0.2) is 130 Å². The van der Waals surface area contributed by atoms with Gasteiger partial charge in [0, 0.05) is 37.3 Å². The van der Waals surface area contributed by atoms with Gasteiger partial charge in [-0.3, -0.25) is 4.79 Å². The van der Waals surface area contributed by atoms with E-state index in [-0.39, 0.29) is 11.4 Å². The Labute approximate surface area is 363 Å². The van der Waals surface area contributed by atoms with E-state index in [4.69, 9.17) is 4.74 Å². The first-order chi connectivity index (χ1) is 28.3. The summed E-state index contributed by atoms with van der Waals surface area (Å²) < 4.78 is 5.97. The van der Waals surface area contributed by atoms with Gasteiger partial charge in [-0.05, 0) is 148 Å². The Bertz CT molecular complexity index is 2210. The average Bonchev–Trinajstić information content (AvgIpc) is 4.03. The number of hydrogen-bond donors (Lipinski definition) is 0. The number of carbonyl (C=O) groups is 1. The van der Waals surface area contributed by atoms with Gasteiger partial charge in [-0.15, -0.1) is 58.5 Å². The van der Waals surface area contributed by atoms with E-state index in [9.17, 15) is 4.79 Å². The maximum atomic E-state index is 13.0. The van der Waals surface area contributed by atoms with E-state index in [1.54, 1.807) is 39.4 Å². The average molecular weight is 843 g/mol. The summed E-state index contributed by atoms with van der Waals surface area (Å²) in [5.74, 6) is 3.46. The maximum Gasteiger partial charge on any atom is 0.310 e.